The van der Waals surface area contributed by atoms with Crippen LogP contribution in [-0.2, 0) is 4.79 Å². The van der Waals surface area contributed by atoms with Crippen molar-refractivity contribution >= 4 is 45.6 Å². The Balaban J connectivity index is 1.61. The highest BCUT2D eigenvalue weighted by Crippen LogP contribution is 2.38. The molecule has 1 aliphatic heterocycles. The van der Waals surface area contributed by atoms with Crippen LogP contribution in [-0.4, -0.2) is 29.9 Å². The van der Waals surface area contributed by atoms with Crippen molar-refractivity contribution in [3.05, 3.63) is 57.9 Å². The molecule has 2 amide bonds. The number of rotatable bonds is 4. The average Bonchev–Trinajstić information content (AvgIpc) is 3.08. The van der Waals surface area contributed by atoms with Crippen LogP contribution in [0, 0.1) is 6.92 Å². The summed E-state index contributed by atoms with van der Waals surface area (Å²) in [7, 11) is 0. The van der Waals surface area contributed by atoms with E-state index in [1.54, 1.807) is 29.2 Å². The maximum Gasteiger partial charge on any atom is 0.265 e. The van der Waals surface area contributed by atoms with Gasteiger partial charge in [-0.1, -0.05) is 11.6 Å². The minimum atomic E-state index is -0.247. The molecule has 1 aromatic heterocycles. The average molecular weight is 428 g/mol. The number of halogens is 1. The monoisotopic (exact) mass is 427 g/mol. The molecule has 6 nitrogen and oxygen atoms in total. The van der Waals surface area contributed by atoms with E-state index in [1.807, 2.05) is 32.0 Å². The number of nitrogens with one attached hydrogen (secondary N) is 1. The number of nitrogens with zero attached hydrogens (tertiary/aromatic N) is 2. The lowest BCUT2D eigenvalue weighted by molar-refractivity contribution is -0.121. The Morgan fingerprint density at radius 3 is 2.76 bits per heavy atom. The van der Waals surface area contributed by atoms with Crippen molar-refractivity contribution in [2.24, 2.45) is 0 Å². The summed E-state index contributed by atoms with van der Waals surface area (Å²) >= 11 is 7.27. The van der Waals surface area contributed by atoms with Gasteiger partial charge in [0, 0.05) is 27.6 Å². The summed E-state index contributed by atoms with van der Waals surface area (Å²) in [4.78, 5) is 31.8. The number of aromatic nitrogens is 1. The molecule has 0 unspecified atom stereocenters. The number of fused-ring (bicyclic) bond motifs is 1. The lowest BCUT2D eigenvalue weighted by Gasteiger charge is -2.28. The lowest BCUT2D eigenvalue weighted by Crippen LogP contribution is -2.38. The van der Waals surface area contributed by atoms with Crippen LogP contribution in [0.2, 0.25) is 5.02 Å². The number of hydrogen-bond acceptors (Lipinski definition) is 5. The van der Waals surface area contributed by atoms with Crippen LogP contribution < -0.4 is 15.0 Å². The van der Waals surface area contributed by atoms with Gasteiger partial charge in [0.2, 0.25) is 0 Å². The van der Waals surface area contributed by atoms with Gasteiger partial charge in [0.25, 0.3) is 11.8 Å². The van der Waals surface area contributed by atoms with Gasteiger partial charge in [-0.05, 0) is 56.3 Å². The highest BCUT2D eigenvalue weighted by Gasteiger charge is 2.25. The Bertz CT molecular complexity index is 1100. The predicted octanol–water partition coefficient (Wildman–Crippen LogP) is 4.77. The molecule has 0 aliphatic carbocycles. The largest absolute Gasteiger partial charge is 0.482 e. The second-order valence-corrected chi connectivity index (χ2v) is 8.13. The van der Waals surface area contributed by atoms with Crippen molar-refractivity contribution in [3.8, 4) is 17.0 Å². The standard InChI is InChI=1S/C21H18ClN3O3S/c1-3-25-16-10-14(6-9-17(16)28-11-18(25)26)19-12(2)29-21(23-19)24-20(27)13-4-7-15(22)8-5-13/h4-10H,3,11H2,1-2H3,(H,23,24,27). The Morgan fingerprint density at radius 1 is 1.28 bits per heavy atom. The Kier molecular flexibility index (Phi) is 5.25. The zero-order valence-electron chi connectivity index (χ0n) is 15.9. The summed E-state index contributed by atoms with van der Waals surface area (Å²) in [6.45, 7) is 4.50. The first kappa shape index (κ1) is 19.4. The molecule has 2 heterocycles. The van der Waals surface area contributed by atoms with Crippen molar-refractivity contribution < 1.29 is 14.3 Å². The van der Waals surface area contributed by atoms with E-state index in [1.165, 1.54) is 11.3 Å². The lowest BCUT2D eigenvalue weighted by atomic mass is 10.1. The first-order valence-electron chi connectivity index (χ1n) is 9.08. The number of aryl methyl sites for hydroxylation is 1. The summed E-state index contributed by atoms with van der Waals surface area (Å²) in [5.74, 6) is 0.367. The van der Waals surface area contributed by atoms with E-state index in [0.29, 0.717) is 28.0 Å². The highest BCUT2D eigenvalue weighted by molar-refractivity contribution is 7.16. The number of amides is 2. The van der Waals surface area contributed by atoms with Gasteiger partial charge < -0.3 is 9.64 Å². The van der Waals surface area contributed by atoms with E-state index in [4.69, 9.17) is 16.3 Å². The maximum atomic E-state index is 12.4. The van der Waals surface area contributed by atoms with E-state index in [9.17, 15) is 9.59 Å². The summed E-state index contributed by atoms with van der Waals surface area (Å²) in [5, 5.41) is 3.92. The smallest absolute Gasteiger partial charge is 0.265 e. The van der Waals surface area contributed by atoms with Gasteiger partial charge in [0.15, 0.2) is 11.7 Å². The van der Waals surface area contributed by atoms with Crippen molar-refractivity contribution in [2.75, 3.05) is 23.4 Å². The fourth-order valence-corrected chi connectivity index (χ4v) is 4.14. The van der Waals surface area contributed by atoms with E-state index in [-0.39, 0.29) is 18.4 Å². The van der Waals surface area contributed by atoms with Crippen molar-refractivity contribution in [1.82, 2.24) is 4.98 Å². The number of carbonyl (C=O) groups is 2. The normalized spacial score (nSPS) is 13.1. The molecule has 3 aromatic rings. The molecule has 0 radical (unpaired) electrons. The SMILES string of the molecule is CCN1C(=O)COc2ccc(-c3nc(NC(=O)c4ccc(Cl)cc4)sc3C)cc21. The number of hydrogen-bond donors (Lipinski definition) is 1. The third-order valence-electron chi connectivity index (χ3n) is 4.62. The second-order valence-electron chi connectivity index (χ2n) is 6.49. The van der Waals surface area contributed by atoms with Gasteiger partial charge in [0.05, 0.1) is 11.4 Å². The number of anilines is 2. The molecule has 4 rings (SSSR count). The van der Waals surface area contributed by atoms with Crippen LogP contribution >= 0.6 is 22.9 Å². The van der Waals surface area contributed by atoms with Crippen molar-refractivity contribution in [2.45, 2.75) is 13.8 Å². The number of benzene rings is 2. The molecular weight excluding hydrogens is 410 g/mol. The zero-order valence-corrected chi connectivity index (χ0v) is 17.4. The molecule has 2 aromatic carbocycles. The molecule has 0 saturated carbocycles. The van der Waals surface area contributed by atoms with Gasteiger partial charge in [0.1, 0.15) is 5.75 Å². The first-order chi connectivity index (χ1) is 14.0. The first-order valence-corrected chi connectivity index (χ1v) is 10.3. The van der Waals surface area contributed by atoms with Crippen LogP contribution in [0.5, 0.6) is 5.75 Å². The van der Waals surface area contributed by atoms with Crippen LogP contribution in [0.15, 0.2) is 42.5 Å². The number of likely N-dealkylation sites (N-methyl/N-ethyl adjacent to an activating group) is 1. The number of ether oxygens (including phenoxy) is 1. The molecular formula is C21H18ClN3O3S. The predicted molar refractivity (Wildman–Crippen MR) is 115 cm³/mol. The molecule has 1 aliphatic rings. The van der Waals surface area contributed by atoms with Gasteiger partial charge in [-0.25, -0.2) is 4.98 Å². The number of carbonyl (C=O) groups excluding carboxylic acids is 2. The van der Waals surface area contributed by atoms with Gasteiger partial charge in [-0.3, -0.25) is 14.9 Å². The van der Waals surface area contributed by atoms with Crippen LogP contribution in [0.1, 0.15) is 22.2 Å². The molecule has 148 valence electrons. The topological polar surface area (TPSA) is 71.5 Å². The minimum Gasteiger partial charge on any atom is -0.482 e. The minimum absolute atomic E-state index is 0.0524. The quantitative estimate of drug-likeness (QED) is 0.651. The third-order valence-corrected chi connectivity index (χ3v) is 5.75. The van der Waals surface area contributed by atoms with Crippen LogP contribution in [0.4, 0.5) is 10.8 Å². The Labute approximate surface area is 177 Å². The van der Waals surface area contributed by atoms with E-state index in [2.05, 4.69) is 10.3 Å². The Morgan fingerprint density at radius 2 is 2.03 bits per heavy atom. The summed E-state index contributed by atoms with van der Waals surface area (Å²) in [5.41, 5.74) is 2.87. The summed E-state index contributed by atoms with van der Waals surface area (Å²) in [6, 6.07) is 12.3. The fourth-order valence-electron chi connectivity index (χ4n) is 3.18. The van der Waals surface area contributed by atoms with Crippen molar-refractivity contribution in [3.63, 3.8) is 0 Å². The maximum absolute atomic E-state index is 12.4. The van der Waals surface area contributed by atoms with E-state index < -0.39 is 0 Å². The van der Waals surface area contributed by atoms with Gasteiger partial charge >= 0.3 is 0 Å². The summed E-state index contributed by atoms with van der Waals surface area (Å²) < 4.78 is 5.53. The molecule has 0 saturated heterocycles. The second kappa shape index (κ2) is 7.85. The van der Waals surface area contributed by atoms with E-state index in [0.717, 1.165) is 21.8 Å². The molecule has 8 heteroatoms. The molecule has 29 heavy (non-hydrogen) atoms. The zero-order chi connectivity index (χ0) is 20.5. The number of thiazole rings is 1. The third kappa shape index (κ3) is 3.83. The van der Waals surface area contributed by atoms with Crippen LogP contribution in [0.3, 0.4) is 0 Å². The van der Waals surface area contributed by atoms with E-state index >= 15 is 0 Å². The molecule has 0 bridgehead atoms. The summed E-state index contributed by atoms with van der Waals surface area (Å²) in [6.07, 6.45) is 0. The highest BCUT2D eigenvalue weighted by atomic mass is 35.5. The molecule has 1 N–H and O–H groups in total. The molecule has 0 spiro atoms. The van der Waals surface area contributed by atoms with Crippen LogP contribution in [0.25, 0.3) is 11.3 Å². The fraction of sp³-hybridized carbons (Fsp3) is 0.190. The van der Waals surface area contributed by atoms with Gasteiger partial charge in [-0.15, -0.1) is 11.3 Å². The molecule has 0 fully saturated rings. The Hall–Kier alpha value is -2.90. The molecule has 0 atom stereocenters. The van der Waals surface area contributed by atoms with Gasteiger partial charge in [-0.2, -0.15) is 0 Å². The van der Waals surface area contributed by atoms with Crippen molar-refractivity contribution in [1.29, 1.82) is 0 Å².